The van der Waals surface area contributed by atoms with E-state index in [9.17, 15) is 0 Å². The second kappa shape index (κ2) is 7.15. The standard InChI is InChI=1S/C23H30N6S/c1-13(2)11-16-14-7-6-8-15(14)17-18-19(30-21(17)27-16)20-25-12-26-29(20)22(28-18)24-10-9-23(3,4)5/h12-13H,6-11H2,1-5H3,(H,24,28). The molecule has 0 radical (unpaired) electrons. The summed E-state index contributed by atoms with van der Waals surface area (Å²) in [6.45, 7) is 12.2. The van der Waals surface area contributed by atoms with Crippen LogP contribution in [0.3, 0.4) is 0 Å². The van der Waals surface area contributed by atoms with E-state index in [1.165, 1.54) is 28.6 Å². The van der Waals surface area contributed by atoms with Gasteiger partial charge in [0.25, 0.3) is 0 Å². The predicted molar refractivity (Wildman–Crippen MR) is 125 cm³/mol. The van der Waals surface area contributed by atoms with Gasteiger partial charge in [0.2, 0.25) is 5.95 Å². The van der Waals surface area contributed by atoms with E-state index in [0.29, 0.717) is 5.92 Å². The molecule has 4 aromatic rings. The Morgan fingerprint density at radius 1 is 1.17 bits per heavy atom. The van der Waals surface area contributed by atoms with E-state index < -0.39 is 0 Å². The third-order valence-electron chi connectivity index (χ3n) is 5.90. The molecule has 0 spiro atoms. The zero-order valence-electron chi connectivity index (χ0n) is 18.5. The van der Waals surface area contributed by atoms with Crippen molar-refractivity contribution in [3.63, 3.8) is 0 Å². The fraction of sp³-hybridized carbons (Fsp3) is 0.565. The quantitative estimate of drug-likeness (QED) is 0.465. The molecule has 0 bridgehead atoms. The number of hydrogen-bond acceptors (Lipinski definition) is 6. The summed E-state index contributed by atoms with van der Waals surface area (Å²) in [6, 6.07) is 0. The van der Waals surface area contributed by atoms with Crippen LogP contribution < -0.4 is 5.32 Å². The number of rotatable bonds is 5. The first kappa shape index (κ1) is 19.7. The Labute approximate surface area is 181 Å². The summed E-state index contributed by atoms with van der Waals surface area (Å²) >= 11 is 1.72. The topological polar surface area (TPSA) is 68.0 Å². The van der Waals surface area contributed by atoms with Gasteiger partial charge in [0.15, 0.2) is 5.65 Å². The number of pyridine rings is 1. The number of hydrogen-bond donors (Lipinski definition) is 1. The Morgan fingerprint density at radius 3 is 2.73 bits per heavy atom. The minimum atomic E-state index is 0.269. The molecule has 0 aromatic carbocycles. The van der Waals surface area contributed by atoms with E-state index in [2.05, 4.69) is 50.0 Å². The number of anilines is 1. The van der Waals surface area contributed by atoms with Gasteiger partial charge in [-0.1, -0.05) is 34.6 Å². The molecule has 6 nitrogen and oxygen atoms in total. The van der Waals surface area contributed by atoms with Crippen LogP contribution in [0, 0.1) is 11.3 Å². The summed E-state index contributed by atoms with van der Waals surface area (Å²) in [5, 5.41) is 9.22. The van der Waals surface area contributed by atoms with Gasteiger partial charge in [-0.2, -0.15) is 9.61 Å². The maximum absolute atomic E-state index is 5.14. The summed E-state index contributed by atoms with van der Waals surface area (Å²) < 4.78 is 2.93. The molecule has 4 heterocycles. The van der Waals surface area contributed by atoms with Crippen LogP contribution in [0.5, 0.6) is 0 Å². The van der Waals surface area contributed by atoms with Crippen molar-refractivity contribution >= 4 is 43.4 Å². The van der Waals surface area contributed by atoms with Gasteiger partial charge in [0.1, 0.15) is 15.9 Å². The van der Waals surface area contributed by atoms with Crippen molar-refractivity contribution in [2.45, 2.75) is 66.7 Å². The lowest BCUT2D eigenvalue weighted by molar-refractivity contribution is 0.389. The number of aryl methyl sites for hydroxylation is 1. The average molecular weight is 423 g/mol. The van der Waals surface area contributed by atoms with Crippen LogP contribution in [-0.4, -0.2) is 31.1 Å². The SMILES string of the molecule is CC(C)Cc1nc2sc3c(nc(NCCC(C)(C)C)n4ncnc34)c2c2c1CCC2. The molecule has 30 heavy (non-hydrogen) atoms. The lowest BCUT2D eigenvalue weighted by Crippen LogP contribution is -2.15. The second-order valence-electron chi connectivity index (χ2n) is 10.1. The zero-order chi connectivity index (χ0) is 21.0. The summed E-state index contributed by atoms with van der Waals surface area (Å²) in [7, 11) is 0. The maximum atomic E-state index is 5.14. The molecule has 7 heteroatoms. The van der Waals surface area contributed by atoms with Gasteiger partial charge in [-0.15, -0.1) is 11.3 Å². The Bertz CT molecular complexity index is 1240. The van der Waals surface area contributed by atoms with Crippen molar-refractivity contribution in [2.24, 2.45) is 11.3 Å². The largest absolute Gasteiger partial charge is 0.354 e. The smallest absolute Gasteiger partial charge is 0.226 e. The number of thiophene rings is 1. The monoisotopic (exact) mass is 422 g/mol. The summed E-state index contributed by atoms with van der Waals surface area (Å²) in [5.41, 5.74) is 6.41. The van der Waals surface area contributed by atoms with E-state index in [4.69, 9.17) is 9.97 Å². The van der Waals surface area contributed by atoms with Crippen LogP contribution in [0.25, 0.3) is 26.1 Å². The predicted octanol–water partition coefficient (Wildman–Crippen LogP) is 5.42. The van der Waals surface area contributed by atoms with Crippen molar-refractivity contribution in [3.8, 4) is 0 Å². The Balaban J connectivity index is 1.70. The van der Waals surface area contributed by atoms with Gasteiger partial charge in [-0.25, -0.2) is 15.0 Å². The summed E-state index contributed by atoms with van der Waals surface area (Å²) in [6.07, 6.45) is 7.20. The highest BCUT2D eigenvalue weighted by molar-refractivity contribution is 7.26. The van der Waals surface area contributed by atoms with Crippen molar-refractivity contribution in [3.05, 3.63) is 23.1 Å². The minimum Gasteiger partial charge on any atom is -0.354 e. The summed E-state index contributed by atoms with van der Waals surface area (Å²) in [5.74, 6) is 1.38. The van der Waals surface area contributed by atoms with Crippen LogP contribution in [0.2, 0.25) is 0 Å². The molecule has 0 saturated carbocycles. The van der Waals surface area contributed by atoms with Gasteiger partial charge >= 0.3 is 0 Å². The Kier molecular flexibility index (Phi) is 4.69. The molecule has 5 rings (SSSR count). The van der Waals surface area contributed by atoms with Gasteiger partial charge < -0.3 is 5.32 Å². The summed E-state index contributed by atoms with van der Waals surface area (Å²) in [4.78, 5) is 15.9. The minimum absolute atomic E-state index is 0.269. The molecule has 0 aliphatic heterocycles. The number of nitrogens with zero attached hydrogens (tertiary/aromatic N) is 5. The van der Waals surface area contributed by atoms with E-state index in [1.54, 1.807) is 17.7 Å². The molecule has 0 amide bonds. The highest BCUT2D eigenvalue weighted by Gasteiger charge is 2.25. The van der Waals surface area contributed by atoms with E-state index in [1.807, 2.05) is 4.52 Å². The lowest BCUT2D eigenvalue weighted by atomic mass is 9.92. The fourth-order valence-electron chi connectivity index (χ4n) is 4.47. The fourth-order valence-corrected chi connectivity index (χ4v) is 5.62. The number of aromatic nitrogens is 5. The molecule has 0 atom stereocenters. The average Bonchev–Trinajstić information content (AvgIpc) is 3.37. The third-order valence-corrected chi connectivity index (χ3v) is 6.97. The molecule has 158 valence electrons. The molecule has 0 saturated heterocycles. The molecule has 0 fully saturated rings. The van der Waals surface area contributed by atoms with Gasteiger partial charge in [-0.05, 0) is 54.6 Å². The van der Waals surface area contributed by atoms with Crippen molar-refractivity contribution in [1.82, 2.24) is 24.6 Å². The first-order chi connectivity index (χ1) is 14.3. The Morgan fingerprint density at radius 2 is 1.97 bits per heavy atom. The normalized spacial score (nSPS) is 14.5. The van der Waals surface area contributed by atoms with Crippen LogP contribution >= 0.6 is 11.3 Å². The molecular weight excluding hydrogens is 392 g/mol. The lowest BCUT2D eigenvalue weighted by Gasteiger charge is -2.18. The third kappa shape index (κ3) is 3.33. The molecular formula is C23H30N6S. The maximum Gasteiger partial charge on any atom is 0.226 e. The molecule has 1 aliphatic rings. The van der Waals surface area contributed by atoms with Gasteiger partial charge in [-0.3, -0.25) is 0 Å². The second-order valence-corrected chi connectivity index (χ2v) is 11.1. The number of nitrogens with one attached hydrogen (secondary N) is 1. The van der Waals surface area contributed by atoms with Crippen LogP contribution in [-0.2, 0) is 19.3 Å². The van der Waals surface area contributed by atoms with Gasteiger partial charge in [0, 0.05) is 17.6 Å². The number of fused-ring (bicyclic) bond motifs is 7. The molecule has 1 aliphatic carbocycles. The van der Waals surface area contributed by atoms with Crippen LogP contribution in [0.1, 0.15) is 64.3 Å². The van der Waals surface area contributed by atoms with E-state index in [0.717, 1.165) is 58.9 Å². The van der Waals surface area contributed by atoms with Gasteiger partial charge in [0.05, 0.1) is 5.52 Å². The van der Waals surface area contributed by atoms with Crippen molar-refractivity contribution in [2.75, 3.05) is 11.9 Å². The zero-order valence-corrected chi connectivity index (χ0v) is 19.4. The van der Waals surface area contributed by atoms with Crippen LogP contribution in [0.15, 0.2) is 6.33 Å². The van der Waals surface area contributed by atoms with E-state index >= 15 is 0 Å². The molecule has 1 N–H and O–H groups in total. The highest BCUT2D eigenvalue weighted by Crippen LogP contribution is 2.41. The highest BCUT2D eigenvalue weighted by atomic mass is 32.1. The Hall–Kier alpha value is -2.28. The first-order valence-electron chi connectivity index (χ1n) is 11.0. The molecule has 0 unspecified atom stereocenters. The van der Waals surface area contributed by atoms with Crippen molar-refractivity contribution in [1.29, 1.82) is 0 Å². The molecule has 4 aromatic heterocycles. The van der Waals surface area contributed by atoms with Crippen LogP contribution in [0.4, 0.5) is 5.95 Å². The van der Waals surface area contributed by atoms with E-state index in [-0.39, 0.29) is 5.41 Å². The van der Waals surface area contributed by atoms with Crippen molar-refractivity contribution < 1.29 is 0 Å². The first-order valence-corrected chi connectivity index (χ1v) is 11.8.